The molecule has 94 valence electrons. The van der Waals surface area contributed by atoms with Gasteiger partial charge in [-0.25, -0.2) is 9.97 Å². The first-order chi connectivity index (χ1) is 8.60. The maximum absolute atomic E-state index is 4.21. The Morgan fingerprint density at radius 2 is 1.50 bits per heavy atom. The van der Waals surface area contributed by atoms with Crippen molar-refractivity contribution in [3.05, 3.63) is 41.2 Å². The summed E-state index contributed by atoms with van der Waals surface area (Å²) in [5.74, 6) is 1.59. The Morgan fingerprint density at radius 3 is 2.22 bits per heavy atom. The Kier molecular flexibility index (Phi) is 3.46. The lowest BCUT2D eigenvalue weighted by Gasteiger charge is -2.12. The normalized spacial score (nSPS) is 10.2. The van der Waals surface area contributed by atoms with Crippen LogP contribution in [0.25, 0.3) is 0 Å². The molecule has 0 aliphatic rings. The molecule has 1 heterocycles. The Morgan fingerprint density at radius 1 is 0.833 bits per heavy atom. The van der Waals surface area contributed by atoms with E-state index in [0.29, 0.717) is 0 Å². The van der Waals surface area contributed by atoms with E-state index in [1.165, 1.54) is 16.7 Å². The molecule has 0 aliphatic heterocycles. The van der Waals surface area contributed by atoms with E-state index in [1.54, 1.807) is 6.33 Å². The van der Waals surface area contributed by atoms with Gasteiger partial charge in [-0.3, -0.25) is 0 Å². The van der Waals surface area contributed by atoms with Crippen LogP contribution in [-0.4, -0.2) is 17.0 Å². The van der Waals surface area contributed by atoms with Crippen LogP contribution in [0.3, 0.4) is 0 Å². The molecule has 0 unspecified atom stereocenters. The van der Waals surface area contributed by atoms with Crippen molar-refractivity contribution >= 4 is 17.3 Å². The van der Waals surface area contributed by atoms with Crippen LogP contribution in [0, 0.1) is 20.8 Å². The van der Waals surface area contributed by atoms with Crippen molar-refractivity contribution in [2.24, 2.45) is 0 Å². The van der Waals surface area contributed by atoms with Crippen LogP contribution >= 0.6 is 0 Å². The highest BCUT2D eigenvalue weighted by atomic mass is 15.1. The van der Waals surface area contributed by atoms with Crippen LogP contribution < -0.4 is 10.6 Å². The van der Waals surface area contributed by atoms with Crippen LogP contribution in [0.4, 0.5) is 17.3 Å². The molecule has 0 saturated carbocycles. The number of benzene rings is 1. The van der Waals surface area contributed by atoms with E-state index in [9.17, 15) is 0 Å². The average Bonchev–Trinajstić information content (AvgIpc) is 2.36. The van der Waals surface area contributed by atoms with E-state index in [2.05, 4.69) is 53.5 Å². The summed E-state index contributed by atoms with van der Waals surface area (Å²) in [4.78, 5) is 8.30. The number of nitrogens with zero attached hydrogens (tertiary/aromatic N) is 2. The van der Waals surface area contributed by atoms with Gasteiger partial charge in [-0.2, -0.15) is 0 Å². The first-order valence-electron chi connectivity index (χ1n) is 5.95. The van der Waals surface area contributed by atoms with Crippen molar-refractivity contribution < 1.29 is 0 Å². The summed E-state index contributed by atoms with van der Waals surface area (Å²) in [6.45, 7) is 6.32. The maximum Gasteiger partial charge on any atom is 0.135 e. The van der Waals surface area contributed by atoms with E-state index in [1.807, 2.05) is 13.1 Å². The Balaban J connectivity index is 2.30. The highest BCUT2D eigenvalue weighted by Gasteiger charge is 2.03. The van der Waals surface area contributed by atoms with Crippen LogP contribution in [0.2, 0.25) is 0 Å². The second kappa shape index (κ2) is 5.04. The summed E-state index contributed by atoms with van der Waals surface area (Å²) >= 11 is 0. The fourth-order valence-electron chi connectivity index (χ4n) is 1.80. The summed E-state index contributed by atoms with van der Waals surface area (Å²) < 4.78 is 0. The van der Waals surface area contributed by atoms with Gasteiger partial charge in [0.2, 0.25) is 0 Å². The largest absolute Gasteiger partial charge is 0.373 e. The van der Waals surface area contributed by atoms with E-state index < -0.39 is 0 Å². The van der Waals surface area contributed by atoms with Gasteiger partial charge in [0.05, 0.1) is 0 Å². The second-order valence-corrected chi connectivity index (χ2v) is 4.41. The molecule has 1 aromatic carbocycles. The van der Waals surface area contributed by atoms with Crippen LogP contribution in [0.15, 0.2) is 24.5 Å². The molecule has 0 aliphatic carbocycles. The van der Waals surface area contributed by atoms with Gasteiger partial charge in [0.15, 0.2) is 0 Å². The van der Waals surface area contributed by atoms with Gasteiger partial charge in [0.1, 0.15) is 18.0 Å². The minimum absolute atomic E-state index is 0.792. The van der Waals surface area contributed by atoms with Gasteiger partial charge in [-0.1, -0.05) is 6.07 Å². The van der Waals surface area contributed by atoms with Gasteiger partial charge >= 0.3 is 0 Å². The number of rotatable bonds is 3. The molecular weight excluding hydrogens is 224 g/mol. The van der Waals surface area contributed by atoms with Crippen molar-refractivity contribution in [1.82, 2.24) is 9.97 Å². The summed E-state index contributed by atoms with van der Waals surface area (Å²) in [6.07, 6.45) is 1.55. The van der Waals surface area contributed by atoms with Crippen LogP contribution in [-0.2, 0) is 0 Å². The summed E-state index contributed by atoms with van der Waals surface area (Å²) in [7, 11) is 1.84. The monoisotopic (exact) mass is 242 g/mol. The molecule has 0 spiro atoms. The third-order valence-electron chi connectivity index (χ3n) is 3.03. The van der Waals surface area contributed by atoms with E-state index in [-0.39, 0.29) is 0 Å². The third kappa shape index (κ3) is 2.59. The lowest BCUT2D eigenvalue weighted by Crippen LogP contribution is -2.00. The standard InChI is InChI=1S/C14H18N4/c1-9-5-11(3)12(6-10(9)2)18-14-7-13(15-4)16-8-17-14/h5-8H,1-4H3,(H2,15,16,17,18). The zero-order valence-corrected chi connectivity index (χ0v) is 11.2. The molecule has 0 atom stereocenters. The minimum Gasteiger partial charge on any atom is -0.373 e. The predicted octanol–water partition coefficient (Wildman–Crippen LogP) is 3.19. The van der Waals surface area contributed by atoms with Crippen molar-refractivity contribution in [2.45, 2.75) is 20.8 Å². The summed E-state index contributed by atoms with van der Waals surface area (Å²) in [5.41, 5.74) is 4.87. The first-order valence-corrected chi connectivity index (χ1v) is 5.95. The average molecular weight is 242 g/mol. The topological polar surface area (TPSA) is 49.8 Å². The van der Waals surface area contributed by atoms with E-state index in [0.717, 1.165) is 17.3 Å². The molecule has 0 saturated heterocycles. The molecule has 4 nitrogen and oxygen atoms in total. The quantitative estimate of drug-likeness (QED) is 0.868. The van der Waals surface area contributed by atoms with Crippen molar-refractivity contribution in [1.29, 1.82) is 0 Å². The molecule has 2 aromatic rings. The van der Waals surface area contributed by atoms with Crippen molar-refractivity contribution in [2.75, 3.05) is 17.7 Å². The lowest BCUT2D eigenvalue weighted by molar-refractivity contribution is 1.15. The minimum atomic E-state index is 0.792. The smallest absolute Gasteiger partial charge is 0.135 e. The molecule has 2 N–H and O–H groups in total. The number of aromatic nitrogens is 2. The molecule has 0 radical (unpaired) electrons. The third-order valence-corrected chi connectivity index (χ3v) is 3.03. The molecule has 1 aromatic heterocycles. The highest BCUT2D eigenvalue weighted by molar-refractivity contribution is 5.63. The number of aryl methyl sites for hydroxylation is 3. The zero-order valence-electron chi connectivity index (χ0n) is 11.2. The predicted molar refractivity (Wildman–Crippen MR) is 75.5 cm³/mol. The van der Waals surface area contributed by atoms with Crippen molar-refractivity contribution in [3.63, 3.8) is 0 Å². The highest BCUT2D eigenvalue weighted by Crippen LogP contribution is 2.23. The van der Waals surface area contributed by atoms with Crippen molar-refractivity contribution in [3.8, 4) is 0 Å². The molecular formula is C14H18N4. The Labute approximate surface area is 107 Å². The van der Waals surface area contributed by atoms with Gasteiger partial charge in [0, 0.05) is 18.8 Å². The Bertz CT molecular complexity index is 564. The number of nitrogens with one attached hydrogen (secondary N) is 2. The van der Waals surface area contributed by atoms with Gasteiger partial charge in [0.25, 0.3) is 0 Å². The summed E-state index contributed by atoms with van der Waals surface area (Å²) in [6, 6.07) is 6.21. The van der Waals surface area contributed by atoms with Crippen LogP contribution in [0.5, 0.6) is 0 Å². The number of anilines is 3. The summed E-state index contributed by atoms with van der Waals surface area (Å²) in [5, 5.41) is 6.32. The SMILES string of the molecule is CNc1cc(Nc2cc(C)c(C)cc2C)ncn1. The van der Waals surface area contributed by atoms with E-state index >= 15 is 0 Å². The Hall–Kier alpha value is -2.10. The van der Waals surface area contributed by atoms with Gasteiger partial charge in [-0.05, 0) is 43.5 Å². The fourth-order valence-corrected chi connectivity index (χ4v) is 1.80. The zero-order chi connectivity index (χ0) is 13.1. The van der Waals surface area contributed by atoms with Gasteiger partial charge in [-0.15, -0.1) is 0 Å². The molecule has 0 fully saturated rings. The second-order valence-electron chi connectivity index (χ2n) is 4.41. The van der Waals surface area contributed by atoms with Gasteiger partial charge < -0.3 is 10.6 Å². The molecule has 4 heteroatoms. The van der Waals surface area contributed by atoms with E-state index in [4.69, 9.17) is 0 Å². The molecule has 0 amide bonds. The molecule has 0 bridgehead atoms. The van der Waals surface area contributed by atoms with Crippen LogP contribution in [0.1, 0.15) is 16.7 Å². The lowest BCUT2D eigenvalue weighted by atomic mass is 10.1. The number of hydrogen-bond acceptors (Lipinski definition) is 4. The number of hydrogen-bond donors (Lipinski definition) is 2. The molecule has 18 heavy (non-hydrogen) atoms. The maximum atomic E-state index is 4.21. The first kappa shape index (κ1) is 12.4. The molecule has 2 rings (SSSR count). The fraction of sp³-hybridized carbons (Fsp3) is 0.286.